The van der Waals surface area contributed by atoms with E-state index in [1.807, 2.05) is 43.7 Å². The predicted octanol–water partition coefficient (Wildman–Crippen LogP) is 3.46. The summed E-state index contributed by atoms with van der Waals surface area (Å²) in [5.74, 6) is 0.695. The van der Waals surface area contributed by atoms with Crippen LogP contribution in [0.15, 0.2) is 54.2 Å². The highest BCUT2D eigenvalue weighted by atomic mass is 19.1. The predicted molar refractivity (Wildman–Crippen MR) is 118 cm³/mol. The summed E-state index contributed by atoms with van der Waals surface area (Å²) in [6, 6.07) is 10.3. The van der Waals surface area contributed by atoms with E-state index < -0.39 is 11.9 Å². The molecule has 4 rings (SSSR count). The molecule has 1 atom stereocenters. The van der Waals surface area contributed by atoms with Crippen molar-refractivity contribution >= 4 is 17.6 Å². The second kappa shape index (κ2) is 8.26. The number of benzene rings is 2. The number of anilines is 1. The zero-order valence-corrected chi connectivity index (χ0v) is 18.2. The van der Waals surface area contributed by atoms with Crippen LogP contribution in [-0.2, 0) is 11.8 Å². The Kier molecular flexibility index (Phi) is 5.48. The van der Waals surface area contributed by atoms with Crippen molar-refractivity contribution in [3.8, 4) is 11.4 Å². The molecule has 2 N–H and O–H groups in total. The van der Waals surface area contributed by atoms with Gasteiger partial charge in [0.1, 0.15) is 11.6 Å². The van der Waals surface area contributed by atoms with Crippen LogP contribution in [0.25, 0.3) is 11.4 Å². The van der Waals surface area contributed by atoms with Gasteiger partial charge in [0.25, 0.3) is 5.91 Å². The van der Waals surface area contributed by atoms with E-state index in [4.69, 9.17) is 0 Å². The van der Waals surface area contributed by atoms with E-state index in [1.54, 1.807) is 19.2 Å². The second-order valence-electron chi connectivity index (χ2n) is 7.74. The summed E-state index contributed by atoms with van der Waals surface area (Å²) in [5, 5.41) is 14.0. The van der Waals surface area contributed by atoms with Gasteiger partial charge in [0.05, 0.1) is 11.6 Å². The Balaban J connectivity index is 1.66. The monoisotopic (exact) mass is 434 g/mol. The molecular formula is C23H23FN6O2. The van der Waals surface area contributed by atoms with Crippen LogP contribution in [0.2, 0.25) is 0 Å². The highest BCUT2D eigenvalue weighted by molar-refractivity contribution is 6.06. The second-order valence-corrected chi connectivity index (χ2v) is 7.74. The molecule has 2 aromatic carbocycles. The number of hydrogen-bond acceptors (Lipinski definition) is 4. The Hall–Kier alpha value is -4.01. The number of rotatable bonds is 4. The van der Waals surface area contributed by atoms with Crippen LogP contribution in [0.4, 0.5) is 14.9 Å². The molecule has 1 aliphatic rings. The number of halogens is 1. The van der Waals surface area contributed by atoms with E-state index in [1.165, 1.54) is 23.2 Å². The Labute approximate surface area is 184 Å². The number of nitrogens with one attached hydrogen (secondary N) is 2. The molecule has 0 bridgehead atoms. The van der Waals surface area contributed by atoms with Crippen molar-refractivity contribution in [1.29, 1.82) is 0 Å². The third-order valence-corrected chi connectivity index (χ3v) is 5.53. The first-order valence-corrected chi connectivity index (χ1v) is 10.0. The van der Waals surface area contributed by atoms with Crippen molar-refractivity contribution < 1.29 is 14.0 Å². The number of nitrogens with zero attached hydrogens (tertiary/aromatic N) is 4. The van der Waals surface area contributed by atoms with E-state index in [9.17, 15) is 14.0 Å². The lowest BCUT2D eigenvalue weighted by Crippen LogP contribution is -2.44. The zero-order valence-electron chi connectivity index (χ0n) is 18.2. The average Bonchev–Trinajstić information content (AvgIpc) is 3.10. The first-order chi connectivity index (χ1) is 15.2. The van der Waals surface area contributed by atoms with Gasteiger partial charge in [-0.05, 0) is 43.2 Å². The standard InChI is InChI=1S/C23H23FN6O2/c1-13-5-6-16(21-28-27-14(2)30(21)4)11-19(13)25-22(31)18-12-29(3)23(32)26-20(18)15-7-9-17(24)10-8-15/h5-12,20H,1-4H3,(H,25,31)(H,26,32)/t20-/m0/s1. The van der Waals surface area contributed by atoms with Gasteiger partial charge in [-0.2, -0.15) is 0 Å². The smallest absolute Gasteiger partial charge is 0.321 e. The number of aromatic nitrogens is 3. The molecule has 0 saturated carbocycles. The maximum Gasteiger partial charge on any atom is 0.321 e. The molecule has 0 radical (unpaired) electrons. The van der Waals surface area contributed by atoms with Crippen LogP contribution in [0.3, 0.4) is 0 Å². The first-order valence-electron chi connectivity index (χ1n) is 10.0. The minimum atomic E-state index is -0.704. The van der Waals surface area contributed by atoms with Crippen molar-refractivity contribution in [3.63, 3.8) is 0 Å². The summed E-state index contributed by atoms with van der Waals surface area (Å²) >= 11 is 0. The summed E-state index contributed by atoms with van der Waals surface area (Å²) < 4.78 is 15.3. The topological polar surface area (TPSA) is 92.2 Å². The number of aryl methyl sites for hydroxylation is 2. The fraction of sp³-hybridized carbons (Fsp3) is 0.217. The van der Waals surface area contributed by atoms with Crippen LogP contribution in [0, 0.1) is 19.7 Å². The van der Waals surface area contributed by atoms with Crippen molar-refractivity contribution in [3.05, 3.63) is 77.0 Å². The van der Waals surface area contributed by atoms with Gasteiger partial charge in [-0.15, -0.1) is 10.2 Å². The number of amides is 3. The first kappa shape index (κ1) is 21.2. The molecule has 2 heterocycles. The summed E-state index contributed by atoms with van der Waals surface area (Å²) in [5.41, 5.74) is 3.24. The number of urea groups is 1. The normalized spacial score (nSPS) is 15.9. The lowest BCUT2D eigenvalue weighted by molar-refractivity contribution is -0.113. The maximum absolute atomic E-state index is 13.4. The zero-order chi connectivity index (χ0) is 23.0. The van der Waals surface area contributed by atoms with Crippen LogP contribution in [0.5, 0.6) is 0 Å². The van der Waals surface area contributed by atoms with Crippen LogP contribution >= 0.6 is 0 Å². The van der Waals surface area contributed by atoms with Crippen molar-refractivity contribution in [1.82, 2.24) is 25.0 Å². The van der Waals surface area contributed by atoms with Gasteiger partial charge in [0.15, 0.2) is 5.82 Å². The molecule has 0 aliphatic carbocycles. The van der Waals surface area contributed by atoms with E-state index in [0.717, 1.165) is 17.0 Å². The lowest BCUT2D eigenvalue weighted by atomic mass is 9.97. The van der Waals surface area contributed by atoms with Gasteiger partial charge in [-0.1, -0.05) is 24.3 Å². The summed E-state index contributed by atoms with van der Waals surface area (Å²) in [6.45, 7) is 3.76. The molecule has 32 heavy (non-hydrogen) atoms. The quantitative estimate of drug-likeness (QED) is 0.658. The summed E-state index contributed by atoms with van der Waals surface area (Å²) in [4.78, 5) is 26.8. The lowest BCUT2D eigenvalue weighted by Gasteiger charge is -2.30. The van der Waals surface area contributed by atoms with Gasteiger partial charge in [-0.25, -0.2) is 9.18 Å². The highest BCUT2D eigenvalue weighted by Crippen LogP contribution is 2.29. The summed E-state index contributed by atoms with van der Waals surface area (Å²) in [7, 11) is 3.44. The van der Waals surface area contributed by atoms with E-state index >= 15 is 0 Å². The van der Waals surface area contributed by atoms with E-state index in [0.29, 0.717) is 22.6 Å². The van der Waals surface area contributed by atoms with Gasteiger partial charge in [0.2, 0.25) is 0 Å². The van der Waals surface area contributed by atoms with Crippen molar-refractivity contribution in [2.45, 2.75) is 19.9 Å². The fourth-order valence-corrected chi connectivity index (χ4v) is 3.50. The molecule has 164 valence electrons. The molecule has 3 amide bonds. The molecule has 0 saturated heterocycles. The minimum Gasteiger partial charge on any atom is -0.327 e. The SMILES string of the molecule is Cc1ccc(-c2nnc(C)n2C)cc1NC(=O)C1=CN(C)C(=O)N[C@H]1c1ccc(F)cc1. The molecule has 0 unspecified atom stereocenters. The largest absolute Gasteiger partial charge is 0.327 e. The molecule has 3 aromatic rings. The molecule has 9 heteroatoms. The molecule has 1 aliphatic heterocycles. The Morgan fingerprint density at radius 2 is 1.81 bits per heavy atom. The third-order valence-electron chi connectivity index (χ3n) is 5.53. The summed E-state index contributed by atoms with van der Waals surface area (Å²) in [6.07, 6.45) is 1.49. The van der Waals surface area contributed by atoms with E-state index in [2.05, 4.69) is 20.8 Å². The minimum absolute atomic E-state index is 0.331. The molecule has 0 fully saturated rings. The molecular weight excluding hydrogens is 411 g/mol. The number of hydrogen-bond donors (Lipinski definition) is 2. The van der Waals surface area contributed by atoms with Crippen LogP contribution in [-0.4, -0.2) is 38.7 Å². The van der Waals surface area contributed by atoms with E-state index in [-0.39, 0.29) is 11.9 Å². The molecule has 0 spiro atoms. The van der Waals surface area contributed by atoms with Crippen molar-refractivity contribution in [2.75, 3.05) is 12.4 Å². The molecule has 8 nitrogen and oxygen atoms in total. The Bertz CT molecular complexity index is 1230. The van der Waals surface area contributed by atoms with Gasteiger partial charge in [-0.3, -0.25) is 4.79 Å². The third kappa shape index (κ3) is 3.96. The Morgan fingerprint density at radius 1 is 1.09 bits per heavy atom. The number of carbonyl (C=O) groups excluding carboxylic acids is 2. The van der Waals surface area contributed by atoms with Crippen LogP contribution < -0.4 is 10.6 Å². The average molecular weight is 434 g/mol. The van der Waals surface area contributed by atoms with Gasteiger partial charge in [0, 0.05) is 31.5 Å². The van der Waals surface area contributed by atoms with Gasteiger partial charge >= 0.3 is 6.03 Å². The van der Waals surface area contributed by atoms with Gasteiger partial charge < -0.3 is 20.1 Å². The molecule has 1 aromatic heterocycles. The maximum atomic E-state index is 13.4. The Morgan fingerprint density at radius 3 is 2.47 bits per heavy atom. The number of carbonyl (C=O) groups is 2. The van der Waals surface area contributed by atoms with Crippen LogP contribution in [0.1, 0.15) is 23.0 Å². The fourth-order valence-electron chi connectivity index (χ4n) is 3.50. The van der Waals surface area contributed by atoms with Crippen molar-refractivity contribution in [2.24, 2.45) is 7.05 Å². The highest BCUT2D eigenvalue weighted by Gasteiger charge is 2.30.